The third-order valence-electron chi connectivity index (χ3n) is 3.48. The van der Waals surface area contributed by atoms with Crippen LogP contribution in [0.25, 0.3) is 0 Å². The first-order chi connectivity index (χ1) is 5.68. The van der Waals surface area contributed by atoms with Crippen molar-refractivity contribution in [2.45, 2.75) is 38.7 Å². The Bertz CT molecular complexity index is 198. The number of carbonyl (C=O) groups excluding carboxylic acids is 1. The number of hydrogen-bond donors (Lipinski definition) is 1. The van der Waals surface area contributed by atoms with Gasteiger partial charge in [-0.2, -0.15) is 0 Å². The summed E-state index contributed by atoms with van der Waals surface area (Å²) >= 11 is 0. The van der Waals surface area contributed by atoms with E-state index in [2.05, 4.69) is 0 Å². The van der Waals surface area contributed by atoms with Crippen molar-refractivity contribution in [1.82, 2.24) is 0 Å². The molecule has 0 saturated heterocycles. The Morgan fingerprint density at radius 3 is 2.83 bits per heavy atom. The number of fused-ring (bicyclic) bond motifs is 2. The number of carbonyl (C=O) groups is 1. The zero-order valence-electron chi connectivity index (χ0n) is 7.49. The Balaban J connectivity index is 2.13. The van der Waals surface area contributed by atoms with Crippen molar-refractivity contribution >= 4 is 5.78 Å². The molecule has 4 atom stereocenters. The van der Waals surface area contributed by atoms with Crippen LogP contribution in [0.15, 0.2) is 0 Å². The fourth-order valence-electron chi connectivity index (χ4n) is 2.76. The van der Waals surface area contributed by atoms with Crippen LogP contribution in [-0.2, 0) is 4.79 Å². The van der Waals surface area contributed by atoms with Gasteiger partial charge in [-0.3, -0.25) is 4.79 Å². The first-order valence-electron chi connectivity index (χ1n) is 4.90. The molecular formula is C10H16O2. The van der Waals surface area contributed by atoms with E-state index in [9.17, 15) is 9.90 Å². The Labute approximate surface area is 73.0 Å². The van der Waals surface area contributed by atoms with Gasteiger partial charge < -0.3 is 5.11 Å². The van der Waals surface area contributed by atoms with Crippen molar-refractivity contribution in [3.05, 3.63) is 0 Å². The summed E-state index contributed by atoms with van der Waals surface area (Å²) in [6, 6.07) is 0. The second kappa shape index (κ2) is 2.84. The van der Waals surface area contributed by atoms with Crippen molar-refractivity contribution in [1.29, 1.82) is 0 Å². The molecule has 0 amide bonds. The molecule has 2 nitrogen and oxygen atoms in total. The highest BCUT2D eigenvalue weighted by atomic mass is 16.3. The molecule has 2 fully saturated rings. The van der Waals surface area contributed by atoms with Crippen molar-refractivity contribution < 1.29 is 9.90 Å². The summed E-state index contributed by atoms with van der Waals surface area (Å²) in [6.07, 6.45) is 3.89. The highest BCUT2D eigenvalue weighted by Gasteiger charge is 2.42. The lowest BCUT2D eigenvalue weighted by molar-refractivity contribution is -0.132. The molecule has 0 aliphatic heterocycles. The zero-order valence-corrected chi connectivity index (χ0v) is 7.49. The van der Waals surface area contributed by atoms with Crippen molar-refractivity contribution in [2.24, 2.45) is 17.8 Å². The molecule has 0 spiro atoms. The second-order valence-electron chi connectivity index (χ2n) is 4.36. The average Bonchev–Trinajstić information content (AvgIpc) is 2.41. The molecule has 2 aliphatic carbocycles. The Hall–Kier alpha value is -0.370. The number of hydrogen-bond acceptors (Lipinski definition) is 2. The summed E-state index contributed by atoms with van der Waals surface area (Å²) in [4.78, 5) is 11.7. The summed E-state index contributed by atoms with van der Waals surface area (Å²) < 4.78 is 0. The predicted octanol–water partition coefficient (Wildman–Crippen LogP) is 1.37. The van der Waals surface area contributed by atoms with Crippen LogP contribution in [0.2, 0.25) is 0 Å². The maximum absolute atomic E-state index is 11.7. The fraction of sp³-hybridized carbons (Fsp3) is 0.900. The van der Waals surface area contributed by atoms with Crippen LogP contribution in [-0.4, -0.2) is 17.0 Å². The van der Waals surface area contributed by atoms with Gasteiger partial charge in [0.2, 0.25) is 0 Å². The molecule has 68 valence electrons. The van der Waals surface area contributed by atoms with E-state index in [1.807, 2.05) is 0 Å². The van der Waals surface area contributed by atoms with Crippen LogP contribution in [0.3, 0.4) is 0 Å². The largest absolute Gasteiger partial charge is 0.393 e. The Morgan fingerprint density at radius 1 is 1.42 bits per heavy atom. The van der Waals surface area contributed by atoms with Gasteiger partial charge in [-0.15, -0.1) is 0 Å². The lowest BCUT2D eigenvalue weighted by atomic mass is 9.77. The van der Waals surface area contributed by atoms with E-state index in [1.54, 1.807) is 6.92 Å². The molecular weight excluding hydrogens is 152 g/mol. The van der Waals surface area contributed by atoms with Gasteiger partial charge in [0.1, 0.15) is 5.78 Å². The Kier molecular flexibility index (Phi) is 1.95. The van der Waals surface area contributed by atoms with E-state index in [1.165, 1.54) is 6.42 Å². The lowest BCUT2D eigenvalue weighted by Gasteiger charge is -2.28. The minimum absolute atomic E-state index is 0.0451. The average molecular weight is 168 g/mol. The minimum atomic E-state index is -0.430. The molecule has 0 aromatic heterocycles. The van der Waals surface area contributed by atoms with Gasteiger partial charge in [-0.25, -0.2) is 0 Å². The van der Waals surface area contributed by atoms with E-state index >= 15 is 0 Å². The number of rotatable bonds is 1. The molecule has 0 aromatic carbocycles. The quantitative estimate of drug-likeness (QED) is 0.642. The summed E-state index contributed by atoms with van der Waals surface area (Å²) in [5.74, 6) is 1.31. The number of Topliss-reactive ketones (excluding diaryl/α,β-unsaturated/α-hetero) is 1. The van der Waals surface area contributed by atoms with Gasteiger partial charge >= 0.3 is 0 Å². The van der Waals surface area contributed by atoms with Crippen molar-refractivity contribution in [3.63, 3.8) is 0 Å². The van der Waals surface area contributed by atoms with Crippen LogP contribution >= 0.6 is 0 Å². The SMILES string of the molecule is C[C@@H](O)[C@H]1C[C@H]2CC[C@H](C2)C1=O. The summed E-state index contributed by atoms with van der Waals surface area (Å²) in [5, 5.41) is 9.39. The highest BCUT2D eigenvalue weighted by molar-refractivity contribution is 5.85. The topological polar surface area (TPSA) is 37.3 Å². The third kappa shape index (κ3) is 1.18. The van der Waals surface area contributed by atoms with Gasteiger partial charge in [-0.05, 0) is 38.5 Å². The van der Waals surface area contributed by atoms with Crippen LogP contribution < -0.4 is 0 Å². The normalized spacial score (nSPS) is 43.2. The van der Waals surface area contributed by atoms with E-state index in [-0.39, 0.29) is 5.92 Å². The first-order valence-corrected chi connectivity index (χ1v) is 4.90. The van der Waals surface area contributed by atoms with Crippen molar-refractivity contribution in [3.8, 4) is 0 Å². The molecule has 0 radical (unpaired) electrons. The van der Waals surface area contributed by atoms with Gasteiger partial charge in [-0.1, -0.05) is 0 Å². The third-order valence-corrected chi connectivity index (χ3v) is 3.48. The van der Waals surface area contributed by atoms with E-state index in [4.69, 9.17) is 0 Å². The van der Waals surface area contributed by atoms with E-state index < -0.39 is 6.10 Å². The van der Waals surface area contributed by atoms with Crippen LogP contribution in [0, 0.1) is 17.8 Å². The monoisotopic (exact) mass is 168 g/mol. The molecule has 2 saturated carbocycles. The smallest absolute Gasteiger partial charge is 0.141 e. The molecule has 12 heavy (non-hydrogen) atoms. The molecule has 2 heteroatoms. The maximum Gasteiger partial charge on any atom is 0.141 e. The minimum Gasteiger partial charge on any atom is -0.393 e. The second-order valence-corrected chi connectivity index (χ2v) is 4.36. The number of aliphatic hydroxyl groups is 1. The van der Waals surface area contributed by atoms with Crippen LogP contribution in [0.1, 0.15) is 32.6 Å². The number of ketones is 1. The number of aliphatic hydroxyl groups excluding tert-OH is 1. The molecule has 0 unspecified atom stereocenters. The Morgan fingerprint density at radius 2 is 2.17 bits per heavy atom. The molecule has 1 N–H and O–H groups in total. The molecule has 2 bridgehead atoms. The van der Waals surface area contributed by atoms with Crippen molar-refractivity contribution in [2.75, 3.05) is 0 Å². The summed E-state index contributed by atoms with van der Waals surface area (Å²) in [6.45, 7) is 1.74. The summed E-state index contributed by atoms with van der Waals surface area (Å²) in [7, 11) is 0. The standard InChI is InChI=1S/C10H16O2/c1-6(11)9-5-7-2-3-8(4-7)10(9)12/h6-9,11H,2-5H2,1H3/t6-,7+,8-,9-/m1/s1. The highest BCUT2D eigenvalue weighted by Crippen LogP contribution is 2.43. The zero-order chi connectivity index (χ0) is 8.72. The van der Waals surface area contributed by atoms with Crippen LogP contribution in [0.5, 0.6) is 0 Å². The van der Waals surface area contributed by atoms with Gasteiger partial charge in [0.15, 0.2) is 0 Å². The van der Waals surface area contributed by atoms with Gasteiger partial charge in [0.25, 0.3) is 0 Å². The predicted molar refractivity (Wildman–Crippen MR) is 45.6 cm³/mol. The summed E-state index contributed by atoms with van der Waals surface area (Å²) in [5.41, 5.74) is 0. The van der Waals surface area contributed by atoms with Gasteiger partial charge in [0, 0.05) is 11.8 Å². The van der Waals surface area contributed by atoms with Gasteiger partial charge in [0.05, 0.1) is 6.10 Å². The maximum atomic E-state index is 11.7. The van der Waals surface area contributed by atoms with Crippen LogP contribution in [0.4, 0.5) is 0 Å². The molecule has 2 rings (SSSR count). The van der Waals surface area contributed by atoms with E-state index in [0.29, 0.717) is 11.7 Å². The van der Waals surface area contributed by atoms with E-state index in [0.717, 1.165) is 25.2 Å². The molecule has 0 aromatic rings. The fourth-order valence-corrected chi connectivity index (χ4v) is 2.76. The molecule has 2 aliphatic rings. The first kappa shape index (κ1) is 8.24. The lowest BCUT2D eigenvalue weighted by Crippen LogP contribution is -2.34. The molecule has 0 heterocycles.